The number of piperazine rings is 1. The van der Waals surface area contributed by atoms with Crippen molar-refractivity contribution in [1.29, 1.82) is 0 Å². The van der Waals surface area contributed by atoms with Gasteiger partial charge in [-0.1, -0.05) is 6.07 Å². The predicted octanol–water partition coefficient (Wildman–Crippen LogP) is 0.809. The van der Waals surface area contributed by atoms with Crippen LogP contribution in [0.4, 0.5) is 10.5 Å². The Kier molecular flexibility index (Phi) is 4.41. The van der Waals surface area contributed by atoms with Crippen LogP contribution >= 0.6 is 0 Å². The van der Waals surface area contributed by atoms with Crippen LogP contribution in [0.1, 0.15) is 25.7 Å². The zero-order valence-electron chi connectivity index (χ0n) is 15.1. The number of anilines is 1. The molecule has 1 aliphatic carbocycles. The van der Waals surface area contributed by atoms with Crippen LogP contribution in [-0.4, -0.2) is 59.6 Å². The van der Waals surface area contributed by atoms with Crippen LogP contribution in [0.3, 0.4) is 0 Å². The van der Waals surface area contributed by atoms with Crippen LogP contribution < -0.4 is 15.5 Å². The number of phenolic OH excluding ortho intramolecular Hbond substituents is 1. The first-order valence-electron chi connectivity index (χ1n) is 9.43. The van der Waals surface area contributed by atoms with Crippen molar-refractivity contribution in [2.75, 3.05) is 31.1 Å². The number of hydrogen-bond acceptors (Lipinski definition) is 5. The predicted molar refractivity (Wildman–Crippen MR) is 98.3 cm³/mol. The van der Waals surface area contributed by atoms with Crippen molar-refractivity contribution in [1.82, 2.24) is 15.5 Å². The quantitative estimate of drug-likeness (QED) is 0.667. The Morgan fingerprint density at radius 3 is 2.41 bits per heavy atom. The van der Waals surface area contributed by atoms with Gasteiger partial charge >= 0.3 is 6.03 Å². The van der Waals surface area contributed by atoms with Gasteiger partial charge in [0.1, 0.15) is 11.3 Å². The molecule has 8 heteroatoms. The second kappa shape index (κ2) is 6.75. The third kappa shape index (κ3) is 3.31. The third-order valence-electron chi connectivity index (χ3n) is 5.99. The van der Waals surface area contributed by atoms with Gasteiger partial charge in [0.25, 0.3) is 5.91 Å². The second-order valence-corrected chi connectivity index (χ2v) is 7.60. The van der Waals surface area contributed by atoms with Crippen LogP contribution in [0.2, 0.25) is 0 Å². The van der Waals surface area contributed by atoms with Gasteiger partial charge in [-0.3, -0.25) is 14.9 Å². The van der Waals surface area contributed by atoms with Crippen LogP contribution in [0.5, 0.6) is 5.75 Å². The first-order valence-corrected chi connectivity index (χ1v) is 9.43. The third-order valence-corrected chi connectivity index (χ3v) is 5.99. The number of nitrogens with one attached hydrogen (secondary N) is 2. The van der Waals surface area contributed by atoms with Gasteiger partial charge in [0.05, 0.1) is 0 Å². The topological polar surface area (TPSA) is 102 Å². The molecular formula is C19H24N4O4. The molecule has 2 heterocycles. The monoisotopic (exact) mass is 372 g/mol. The zero-order chi connectivity index (χ0) is 19.0. The van der Waals surface area contributed by atoms with Gasteiger partial charge in [0, 0.05) is 43.9 Å². The van der Waals surface area contributed by atoms with Crippen molar-refractivity contribution in [3.8, 4) is 5.75 Å². The standard InChI is InChI=1S/C19H24N4O4/c24-15-3-1-2-14(12-15)22-8-10-23(11-9-22)16(25)13-4-6-19(7-5-13)17(26)20-18(27)21-19/h1-3,12-13,24H,4-11H2,(H2,20,21,26,27). The van der Waals surface area contributed by atoms with Gasteiger partial charge in [-0.2, -0.15) is 0 Å². The molecule has 2 aliphatic heterocycles. The number of nitrogens with zero attached hydrogens (tertiary/aromatic N) is 2. The highest BCUT2D eigenvalue weighted by Gasteiger charge is 2.49. The largest absolute Gasteiger partial charge is 0.508 e. The Morgan fingerprint density at radius 1 is 1.11 bits per heavy atom. The Hall–Kier alpha value is -2.77. The zero-order valence-corrected chi connectivity index (χ0v) is 15.1. The Labute approximate surface area is 157 Å². The summed E-state index contributed by atoms with van der Waals surface area (Å²) < 4.78 is 0. The number of urea groups is 1. The summed E-state index contributed by atoms with van der Waals surface area (Å²) in [6.45, 7) is 2.75. The first-order chi connectivity index (χ1) is 13.0. The molecule has 3 fully saturated rings. The normalized spacial score (nSPS) is 28.2. The highest BCUT2D eigenvalue weighted by molar-refractivity contribution is 6.07. The molecule has 4 amide bonds. The number of amides is 4. The summed E-state index contributed by atoms with van der Waals surface area (Å²) in [4.78, 5) is 40.4. The molecule has 0 unspecified atom stereocenters. The lowest BCUT2D eigenvalue weighted by molar-refractivity contribution is -0.138. The van der Waals surface area contributed by atoms with E-state index < -0.39 is 11.6 Å². The fourth-order valence-electron chi connectivity index (χ4n) is 4.37. The van der Waals surface area contributed by atoms with Crippen molar-refractivity contribution in [3.05, 3.63) is 24.3 Å². The summed E-state index contributed by atoms with van der Waals surface area (Å²) in [5.74, 6) is 0.0293. The van der Waals surface area contributed by atoms with Gasteiger partial charge in [0.2, 0.25) is 5.91 Å². The number of benzene rings is 1. The van der Waals surface area contributed by atoms with Crippen molar-refractivity contribution in [2.45, 2.75) is 31.2 Å². The van der Waals surface area contributed by atoms with Gasteiger partial charge in [-0.15, -0.1) is 0 Å². The minimum Gasteiger partial charge on any atom is -0.508 e. The molecule has 144 valence electrons. The average molecular weight is 372 g/mol. The summed E-state index contributed by atoms with van der Waals surface area (Å²) in [7, 11) is 0. The van der Waals surface area contributed by atoms with E-state index in [4.69, 9.17) is 0 Å². The van der Waals surface area contributed by atoms with Gasteiger partial charge in [-0.05, 0) is 37.8 Å². The molecule has 8 nitrogen and oxygen atoms in total. The molecule has 1 aromatic rings. The van der Waals surface area contributed by atoms with E-state index >= 15 is 0 Å². The SMILES string of the molecule is O=C1NC(=O)C2(CCC(C(=O)N3CCN(c4cccc(O)c4)CC3)CC2)N1. The molecule has 0 bridgehead atoms. The summed E-state index contributed by atoms with van der Waals surface area (Å²) >= 11 is 0. The fraction of sp³-hybridized carbons (Fsp3) is 0.526. The van der Waals surface area contributed by atoms with E-state index in [9.17, 15) is 19.5 Å². The maximum Gasteiger partial charge on any atom is 0.322 e. The molecular weight excluding hydrogens is 348 g/mol. The van der Waals surface area contributed by atoms with Crippen molar-refractivity contribution in [2.24, 2.45) is 5.92 Å². The minimum absolute atomic E-state index is 0.0896. The highest BCUT2D eigenvalue weighted by Crippen LogP contribution is 2.35. The van der Waals surface area contributed by atoms with E-state index in [1.54, 1.807) is 12.1 Å². The summed E-state index contributed by atoms with van der Waals surface area (Å²) in [6, 6.07) is 6.72. The summed E-state index contributed by atoms with van der Waals surface area (Å²) in [5, 5.41) is 14.7. The highest BCUT2D eigenvalue weighted by atomic mass is 16.3. The molecule has 1 spiro atoms. The van der Waals surface area contributed by atoms with Gasteiger partial charge < -0.3 is 20.2 Å². The molecule has 0 aromatic heterocycles. The molecule has 1 saturated carbocycles. The molecule has 3 N–H and O–H groups in total. The number of imide groups is 1. The van der Waals surface area contributed by atoms with E-state index in [1.807, 2.05) is 17.0 Å². The first kappa shape index (κ1) is 17.6. The van der Waals surface area contributed by atoms with E-state index in [0.29, 0.717) is 38.8 Å². The van der Waals surface area contributed by atoms with Crippen molar-refractivity contribution in [3.63, 3.8) is 0 Å². The van der Waals surface area contributed by atoms with Crippen molar-refractivity contribution >= 4 is 23.5 Å². The lowest BCUT2D eigenvalue weighted by atomic mass is 9.76. The molecule has 1 aromatic carbocycles. The average Bonchev–Trinajstić information content (AvgIpc) is 2.95. The molecule has 0 radical (unpaired) electrons. The van der Waals surface area contributed by atoms with Gasteiger partial charge in [-0.25, -0.2) is 4.79 Å². The lowest BCUT2D eigenvalue weighted by Crippen LogP contribution is -2.53. The Bertz CT molecular complexity index is 765. The van der Waals surface area contributed by atoms with Crippen LogP contribution in [0.25, 0.3) is 0 Å². The van der Waals surface area contributed by atoms with E-state index in [2.05, 4.69) is 15.5 Å². The molecule has 0 atom stereocenters. The molecule has 27 heavy (non-hydrogen) atoms. The molecule has 2 saturated heterocycles. The maximum absolute atomic E-state index is 12.9. The van der Waals surface area contributed by atoms with Crippen LogP contribution in [0.15, 0.2) is 24.3 Å². The number of phenols is 1. The van der Waals surface area contributed by atoms with E-state index in [0.717, 1.165) is 18.8 Å². The minimum atomic E-state index is -0.818. The second-order valence-electron chi connectivity index (χ2n) is 7.60. The van der Waals surface area contributed by atoms with Gasteiger partial charge in [0.15, 0.2) is 0 Å². The number of hydrogen-bond donors (Lipinski definition) is 3. The smallest absolute Gasteiger partial charge is 0.322 e. The summed E-state index contributed by atoms with van der Waals surface area (Å²) in [6.07, 6.45) is 2.23. The molecule has 4 rings (SSSR count). The summed E-state index contributed by atoms with van der Waals surface area (Å²) in [5.41, 5.74) is 0.145. The maximum atomic E-state index is 12.9. The van der Waals surface area contributed by atoms with E-state index in [1.165, 1.54) is 0 Å². The Balaban J connectivity index is 1.31. The number of rotatable bonds is 2. The van der Waals surface area contributed by atoms with Crippen molar-refractivity contribution < 1.29 is 19.5 Å². The van der Waals surface area contributed by atoms with Crippen LogP contribution in [-0.2, 0) is 9.59 Å². The molecule has 3 aliphatic rings. The van der Waals surface area contributed by atoms with E-state index in [-0.39, 0.29) is 23.5 Å². The number of carbonyl (C=O) groups excluding carboxylic acids is 3. The Morgan fingerprint density at radius 2 is 1.81 bits per heavy atom. The lowest BCUT2D eigenvalue weighted by Gasteiger charge is -2.40. The van der Waals surface area contributed by atoms with Crippen LogP contribution in [0, 0.1) is 5.92 Å². The number of aromatic hydroxyl groups is 1. The fourth-order valence-corrected chi connectivity index (χ4v) is 4.37. The number of carbonyl (C=O) groups is 3.